The highest BCUT2D eigenvalue weighted by molar-refractivity contribution is 8.00. The van der Waals surface area contributed by atoms with Crippen LogP contribution in [0.3, 0.4) is 0 Å². The first kappa shape index (κ1) is 12.0. The summed E-state index contributed by atoms with van der Waals surface area (Å²) in [6, 6.07) is 11.4. The molecule has 0 aliphatic carbocycles. The smallest absolute Gasteiger partial charge is 0.0288 e. The molecule has 1 aliphatic heterocycles. The van der Waals surface area contributed by atoms with E-state index in [1.807, 2.05) is 0 Å². The van der Waals surface area contributed by atoms with Crippen LogP contribution in [0, 0.1) is 0 Å². The van der Waals surface area contributed by atoms with Crippen molar-refractivity contribution in [2.24, 2.45) is 0 Å². The van der Waals surface area contributed by atoms with E-state index in [2.05, 4.69) is 61.4 Å². The highest BCUT2D eigenvalue weighted by Crippen LogP contribution is 2.41. The van der Waals surface area contributed by atoms with Crippen molar-refractivity contribution in [2.45, 2.75) is 37.0 Å². The van der Waals surface area contributed by atoms with Gasteiger partial charge in [-0.3, -0.25) is 0 Å². The zero-order chi connectivity index (χ0) is 11.4. The van der Waals surface area contributed by atoms with E-state index < -0.39 is 0 Å². The van der Waals surface area contributed by atoms with Crippen LogP contribution >= 0.6 is 11.8 Å². The van der Waals surface area contributed by atoms with Crippen molar-refractivity contribution in [1.82, 2.24) is 5.32 Å². The second-order valence-electron chi connectivity index (χ2n) is 4.80. The molecular weight excluding hydrogens is 214 g/mol. The highest BCUT2D eigenvalue weighted by Gasteiger charge is 2.36. The predicted octanol–water partition coefficient (Wildman–Crippen LogP) is 3.10. The lowest BCUT2D eigenvalue weighted by Crippen LogP contribution is -2.45. The maximum Gasteiger partial charge on any atom is 0.0288 e. The van der Waals surface area contributed by atoms with Crippen LogP contribution in [-0.4, -0.2) is 23.6 Å². The predicted molar refractivity (Wildman–Crippen MR) is 73.1 cm³/mol. The summed E-state index contributed by atoms with van der Waals surface area (Å²) in [7, 11) is 2.09. The molecule has 0 aromatic heterocycles. The van der Waals surface area contributed by atoms with Crippen molar-refractivity contribution >= 4 is 11.8 Å². The summed E-state index contributed by atoms with van der Waals surface area (Å²) < 4.78 is 0.421. The maximum absolute atomic E-state index is 3.51. The Morgan fingerprint density at radius 3 is 2.69 bits per heavy atom. The molecule has 1 N–H and O–H groups in total. The van der Waals surface area contributed by atoms with Gasteiger partial charge in [0.15, 0.2) is 0 Å². The first-order valence-electron chi connectivity index (χ1n) is 6.10. The molecule has 0 spiro atoms. The molecule has 2 heteroatoms. The second-order valence-corrected chi connectivity index (χ2v) is 6.43. The number of thioether (sulfide) groups is 1. The van der Waals surface area contributed by atoms with Gasteiger partial charge in [-0.15, -0.1) is 0 Å². The minimum atomic E-state index is 0.421. The Hall–Kier alpha value is -0.470. The third-order valence-electron chi connectivity index (χ3n) is 3.62. The molecule has 2 rings (SSSR count). The molecule has 1 aliphatic rings. The number of rotatable bonds is 4. The van der Waals surface area contributed by atoms with Gasteiger partial charge in [0.2, 0.25) is 0 Å². The molecule has 0 saturated carbocycles. The molecule has 1 saturated heterocycles. The Bertz CT molecular complexity index is 317. The molecule has 0 bridgehead atoms. The summed E-state index contributed by atoms with van der Waals surface area (Å²) in [5.41, 5.74) is 1.44. The van der Waals surface area contributed by atoms with Crippen molar-refractivity contribution in [3.05, 3.63) is 35.9 Å². The molecule has 88 valence electrons. The van der Waals surface area contributed by atoms with E-state index in [4.69, 9.17) is 0 Å². The number of hydrogen-bond donors (Lipinski definition) is 1. The van der Waals surface area contributed by atoms with E-state index in [0.717, 1.165) is 6.42 Å². The van der Waals surface area contributed by atoms with E-state index in [0.29, 0.717) is 10.8 Å². The Labute approximate surface area is 103 Å². The first-order chi connectivity index (χ1) is 7.74. The van der Waals surface area contributed by atoms with Crippen LogP contribution in [0.25, 0.3) is 0 Å². The summed E-state index contributed by atoms with van der Waals surface area (Å²) in [5, 5.41) is 3.51. The molecule has 0 amide bonds. The molecule has 1 aromatic rings. The maximum atomic E-state index is 3.51. The zero-order valence-corrected chi connectivity index (χ0v) is 11.0. The van der Waals surface area contributed by atoms with Crippen molar-refractivity contribution in [3.63, 3.8) is 0 Å². The lowest BCUT2D eigenvalue weighted by Gasteiger charge is -2.33. The van der Waals surface area contributed by atoms with Crippen LogP contribution < -0.4 is 5.32 Å². The van der Waals surface area contributed by atoms with E-state index in [1.54, 1.807) is 0 Å². The second kappa shape index (κ2) is 5.24. The molecule has 2 atom stereocenters. The number of hydrogen-bond acceptors (Lipinski definition) is 2. The third-order valence-corrected chi connectivity index (χ3v) is 5.26. The molecule has 1 fully saturated rings. The van der Waals surface area contributed by atoms with Gasteiger partial charge in [-0.2, -0.15) is 11.8 Å². The summed E-state index contributed by atoms with van der Waals surface area (Å²) in [6.45, 7) is 2.41. The van der Waals surface area contributed by atoms with Gasteiger partial charge in [0.05, 0.1) is 0 Å². The summed E-state index contributed by atoms with van der Waals surface area (Å²) >= 11 is 2.13. The van der Waals surface area contributed by atoms with Gasteiger partial charge >= 0.3 is 0 Å². The normalized spacial score (nSPS) is 26.9. The van der Waals surface area contributed by atoms with Crippen LogP contribution in [-0.2, 0) is 6.42 Å². The Kier molecular flexibility index (Phi) is 3.93. The largest absolute Gasteiger partial charge is 0.315 e. The average molecular weight is 235 g/mol. The molecule has 16 heavy (non-hydrogen) atoms. The van der Waals surface area contributed by atoms with Crippen molar-refractivity contribution < 1.29 is 0 Å². The van der Waals surface area contributed by atoms with Gasteiger partial charge < -0.3 is 5.32 Å². The van der Waals surface area contributed by atoms with Gasteiger partial charge in [-0.05, 0) is 44.6 Å². The van der Waals surface area contributed by atoms with Crippen molar-refractivity contribution in [3.8, 4) is 0 Å². The summed E-state index contributed by atoms with van der Waals surface area (Å²) in [6.07, 6.45) is 3.85. The van der Waals surface area contributed by atoms with Crippen molar-refractivity contribution in [1.29, 1.82) is 0 Å². The fraction of sp³-hybridized carbons (Fsp3) is 0.571. The zero-order valence-electron chi connectivity index (χ0n) is 10.2. The SMILES string of the molecule is CNC(Cc1ccccc1)C1(C)CCCS1. The Morgan fingerprint density at radius 1 is 1.38 bits per heavy atom. The van der Waals surface area contributed by atoms with Crippen LogP contribution in [0.4, 0.5) is 0 Å². The monoisotopic (exact) mass is 235 g/mol. The Morgan fingerprint density at radius 2 is 2.12 bits per heavy atom. The lowest BCUT2D eigenvalue weighted by molar-refractivity contribution is 0.424. The molecule has 0 radical (unpaired) electrons. The average Bonchev–Trinajstić information content (AvgIpc) is 2.75. The van der Waals surface area contributed by atoms with Crippen LogP contribution in [0.2, 0.25) is 0 Å². The van der Waals surface area contributed by atoms with Gasteiger partial charge in [-0.1, -0.05) is 30.3 Å². The number of benzene rings is 1. The fourth-order valence-electron chi connectivity index (χ4n) is 2.55. The number of likely N-dealkylation sites (N-methyl/N-ethyl adjacent to an activating group) is 1. The first-order valence-corrected chi connectivity index (χ1v) is 7.08. The topological polar surface area (TPSA) is 12.0 Å². The molecule has 2 unspecified atom stereocenters. The van der Waals surface area contributed by atoms with Gasteiger partial charge in [-0.25, -0.2) is 0 Å². The lowest BCUT2D eigenvalue weighted by atomic mass is 9.91. The molecule has 1 nitrogen and oxygen atoms in total. The minimum Gasteiger partial charge on any atom is -0.315 e. The Balaban J connectivity index is 2.06. The summed E-state index contributed by atoms with van der Waals surface area (Å²) in [4.78, 5) is 0. The third kappa shape index (κ3) is 2.61. The standard InChI is InChI=1S/C14H21NS/c1-14(9-6-10-16-14)13(15-2)11-12-7-4-3-5-8-12/h3-5,7-8,13,15H,6,9-11H2,1-2H3. The van der Waals surface area contributed by atoms with Gasteiger partial charge in [0.25, 0.3) is 0 Å². The van der Waals surface area contributed by atoms with Crippen molar-refractivity contribution in [2.75, 3.05) is 12.8 Å². The van der Waals surface area contributed by atoms with Gasteiger partial charge in [0.1, 0.15) is 0 Å². The fourth-order valence-corrected chi connectivity index (χ4v) is 3.99. The van der Waals surface area contributed by atoms with Crippen LogP contribution in [0.15, 0.2) is 30.3 Å². The highest BCUT2D eigenvalue weighted by atomic mass is 32.2. The minimum absolute atomic E-state index is 0.421. The molecular formula is C14H21NS. The van der Waals surface area contributed by atoms with E-state index in [-0.39, 0.29) is 0 Å². The van der Waals surface area contributed by atoms with Gasteiger partial charge in [0, 0.05) is 10.8 Å². The van der Waals surface area contributed by atoms with E-state index >= 15 is 0 Å². The van der Waals surface area contributed by atoms with E-state index in [1.165, 1.54) is 24.2 Å². The number of nitrogens with one attached hydrogen (secondary N) is 1. The van der Waals surface area contributed by atoms with Crippen LogP contribution in [0.5, 0.6) is 0 Å². The molecule has 1 aromatic carbocycles. The summed E-state index contributed by atoms with van der Waals surface area (Å²) in [5.74, 6) is 1.32. The van der Waals surface area contributed by atoms with E-state index in [9.17, 15) is 0 Å². The van der Waals surface area contributed by atoms with Crippen LogP contribution in [0.1, 0.15) is 25.3 Å². The quantitative estimate of drug-likeness (QED) is 0.860. The molecule has 1 heterocycles.